The fourth-order valence-corrected chi connectivity index (χ4v) is 8.47. The fourth-order valence-electron chi connectivity index (χ4n) is 6.68. The Labute approximate surface area is 168 Å². The van der Waals surface area contributed by atoms with Crippen LogP contribution in [0.5, 0.6) is 0 Å². The fraction of sp³-hybridized carbons (Fsp3) is 0.810. The number of carbonyl (C=O) groups excluding carboxylic acids is 1. The number of hydrogen-bond acceptors (Lipinski definition) is 5. The van der Waals surface area contributed by atoms with Crippen molar-refractivity contribution >= 4 is 15.7 Å². The summed E-state index contributed by atoms with van der Waals surface area (Å²) in [7, 11) is -1.25. The topological polar surface area (TPSA) is 90.3 Å². The molecule has 4 saturated carbocycles. The van der Waals surface area contributed by atoms with Crippen LogP contribution in [0, 0.1) is 34.5 Å². The molecule has 5 fully saturated rings. The standard InChI is InChI=1S/C21H31N3O3S/c1-14(21-8-15-5-16(9-21)7-17(6-15)10-21)23-20(25)18(11-22)12-24(2)19-3-4-28(26,27)13-19/h12,14-17,19H,3-10,13H2,1-2H3,(H,23,25)/b18-12-. The van der Waals surface area contributed by atoms with Gasteiger partial charge < -0.3 is 10.2 Å². The molecule has 6 nitrogen and oxygen atoms in total. The highest BCUT2D eigenvalue weighted by Gasteiger charge is 2.53. The molecule has 2 atom stereocenters. The van der Waals surface area contributed by atoms with E-state index in [4.69, 9.17) is 0 Å². The third-order valence-electron chi connectivity index (χ3n) is 7.83. The van der Waals surface area contributed by atoms with Gasteiger partial charge in [0.05, 0.1) is 11.5 Å². The van der Waals surface area contributed by atoms with Gasteiger partial charge in [-0.2, -0.15) is 5.26 Å². The maximum absolute atomic E-state index is 12.8. The van der Waals surface area contributed by atoms with Crippen molar-refractivity contribution in [1.82, 2.24) is 10.2 Å². The zero-order valence-electron chi connectivity index (χ0n) is 16.9. The first-order valence-corrected chi connectivity index (χ1v) is 12.4. The second kappa shape index (κ2) is 7.05. The van der Waals surface area contributed by atoms with Crippen LogP contribution in [0.1, 0.15) is 51.9 Å². The van der Waals surface area contributed by atoms with Crippen molar-refractivity contribution in [3.05, 3.63) is 11.8 Å². The summed E-state index contributed by atoms with van der Waals surface area (Å²) in [6, 6.07) is 1.91. The number of rotatable bonds is 5. The summed E-state index contributed by atoms with van der Waals surface area (Å²) in [6.07, 6.45) is 9.74. The van der Waals surface area contributed by atoms with E-state index in [2.05, 4.69) is 12.2 Å². The van der Waals surface area contributed by atoms with Gasteiger partial charge in [-0.1, -0.05) is 0 Å². The molecule has 0 aromatic rings. The Morgan fingerprint density at radius 2 is 1.79 bits per heavy atom. The van der Waals surface area contributed by atoms with E-state index >= 15 is 0 Å². The molecule has 0 spiro atoms. The lowest BCUT2D eigenvalue weighted by molar-refractivity contribution is -0.122. The lowest BCUT2D eigenvalue weighted by atomic mass is 9.48. The van der Waals surface area contributed by atoms with Gasteiger partial charge in [-0.3, -0.25) is 4.79 Å². The molecule has 1 N–H and O–H groups in total. The van der Waals surface area contributed by atoms with E-state index in [9.17, 15) is 18.5 Å². The number of nitrogens with one attached hydrogen (secondary N) is 1. The van der Waals surface area contributed by atoms with Crippen molar-refractivity contribution in [2.45, 2.75) is 64.0 Å². The van der Waals surface area contributed by atoms with Crippen LogP contribution in [-0.4, -0.2) is 49.9 Å². The van der Waals surface area contributed by atoms with Crippen LogP contribution in [0.2, 0.25) is 0 Å². The normalized spacial score (nSPS) is 39.4. The van der Waals surface area contributed by atoms with Gasteiger partial charge in [0.2, 0.25) is 0 Å². The highest BCUT2D eigenvalue weighted by molar-refractivity contribution is 7.91. The van der Waals surface area contributed by atoms with Gasteiger partial charge in [0.15, 0.2) is 9.84 Å². The van der Waals surface area contributed by atoms with E-state index in [-0.39, 0.29) is 40.5 Å². The third kappa shape index (κ3) is 3.68. The van der Waals surface area contributed by atoms with E-state index in [1.807, 2.05) is 6.07 Å². The number of sulfone groups is 1. The first-order chi connectivity index (χ1) is 13.2. The SMILES string of the molecule is CC(NC(=O)/C(C#N)=C\N(C)C1CCS(=O)(=O)C1)C12CC3CC(CC(C3)C1)C2. The van der Waals surface area contributed by atoms with Crippen molar-refractivity contribution in [3.8, 4) is 6.07 Å². The Morgan fingerprint density at radius 3 is 2.25 bits per heavy atom. The van der Waals surface area contributed by atoms with Crippen LogP contribution in [0.25, 0.3) is 0 Å². The summed E-state index contributed by atoms with van der Waals surface area (Å²) in [6.45, 7) is 2.10. The lowest BCUT2D eigenvalue weighted by Gasteiger charge is -2.59. The number of hydrogen-bond donors (Lipinski definition) is 1. The van der Waals surface area contributed by atoms with Gasteiger partial charge in [0, 0.05) is 25.3 Å². The Kier molecular flexibility index (Phi) is 4.97. The Morgan fingerprint density at radius 1 is 1.21 bits per heavy atom. The molecule has 1 saturated heterocycles. The predicted octanol–water partition coefficient (Wildman–Crippen LogP) is 2.23. The highest BCUT2D eigenvalue weighted by atomic mass is 32.2. The largest absolute Gasteiger partial charge is 0.375 e. The van der Waals surface area contributed by atoms with Gasteiger partial charge in [-0.25, -0.2) is 8.42 Å². The Balaban J connectivity index is 1.42. The van der Waals surface area contributed by atoms with Gasteiger partial charge in [-0.05, 0) is 75.0 Å². The molecule has 5 aliphatic rings. The molecule has 7 heteroatoms. The summed E-state index contributed by atoms with van der Waals surface area (Å²) < 4.78 is 23.4. The van der Waals surface area contributed by atoms with Gasteiger partial charge in [0.1, 0.15) is 11.6 Å². The molecule has 1 heterocycles. The zero-order valence-corrected chi connectivity index (χ0v) is 17.7. The van der Waals surface area contributed by atoms with Gasteiger partial charge in [0.25, 0.3) is 5.91 Å². The molecule has 154 valence electrons. The minimum absolute atomic E-state index is 0.0577. The third-order valence-corrected chi connectivity index (χ3v) is 9.58. The van der Waals surface area contributed by atoms with Crippen LogP contribution >= 0.6 is 0 Å². The van der Waals surface area contributed by atoms with Crippen LogP contribution in [-0.2, 0) is 14.6 Å². The minimum Gasteiger partial charge on any atom is -0.375 e. The molecular weight excluding hydrogens is 374 g/mol. The van der Waals surface area contributed by atoms with E-state index in [1.54, 1.807) is 11.9 Å². The smallest absolute Gasteiger partial charge is 0.263 e. The quantitative estimate of drug-likeness (QED) is 0.560. The average Bonchev–Trinajstić information content (AvgIpc) is 2.98. The summed E-state index contributed by atoms with van der Waals surface area (Å²) in [5.74, 6) is 2.36. The van der Waals surface area contributed by atoms with Crippen LogP contribution in [0.15, 0.2) is 11.8 Å². The van der Waals surface area contributed by atoms with Crippen LogP contribution in [0.4, 0.5) is 0 Å². The van der Waals surface area contributed by atoms with E-state index in [0.717, 1.165) is 17.8 Å². The number of nitrogens with zero attached hydrogens (tertiary/aromatic N) is 2. The summed E-state index contributed by atoms with van der Waals surface area (Å²) in [5, 5.41) is 12.6. The first-order valence-electron chi connectivity index (χ1n) is 10.5. The van der Waals surface area contributed by atoms with E-state index in [0.29, 0.717) is 6.42 Å². The summed E-state index contributed by atoms with van der Waals surface area (Å²) >= 11 is 0. The maximum atomic E-state index is 12.8. The monoisotopic (exact) mass is 405 g/mol. The minimum atomic E-state index is -3.00. The van der Waals surface area contributed by atoms with Crippen molar-refractivity contribution in [1.29, 1.82) is 5.26 Å². The first kappa shape index (κ1) is 19.8. The second-order valence-corrected chi connectivity index (χ2v) is 12.1. The zero-order chi connectivity index (χ0) is 20.1. The molecule has 4 bridgehead atoms. The van der Waals surface area contributed by atoms with Crippen LogP contribution in [0.3, 0.4) is 0 Å². The molecule has 1 amide bonds. The molecule has 28 heavy (non-hydrogen) atoms. The molecule has 0 radical (unpaired) electrons. The van der Waals surface area contributed by atoms with Crippen molar-refractivity contribution in [2.75, 3.05) is 18.6 Å². The van der Waals surface area contributed by atoms with Gasteiger partial charge in [-0.15, -0.1) is 0 Å². The molecular formula is C21H31N3O3S. The van der Waals surface area contributed by atoms with E-state index in [1.165, 1.54) is 44.7 Å². The van der Waals surface area contributed by atoms with Crippen molar-refractivity contribution in [2.24, 2.45) is 23.2 Å². The Bertz CT molecular complexity index is 791. The molecule has 0 aromatic heterocycles. The molecule has 5 rings (SSSR count). The Hall–Kier alpha value is -1.55. The molecule has 4 aliphatic carbocycles. The maximum Gasteiger partial charge on any atom is 0.263 e. The number of amides is 1. The average molecular weight is 406 g/mol. The summed E-state index contributed by atoms with van der Waals surface area (Å²) in [4.78, 5) is 14.5. The molecule has 2 unspecified atom stereocenters. The second-order valence-electron chi connectivity index (χ2n) is 9.85. The molecule has 0 aromatic carbocycles. The number of nitriles is 1. The summed E-state index contributed by atoms with van der Waals surface area (Å²) in [5.41, 5.74) is 0.250. The van der Waals surface area contributed by atoms with Crippen molar-refractivity contribution in [3.63, 3.8) is 0 Å². The predicted molar refractivity (Wildman–Crippen MR) is 107 cm³/mol. The van der Waals surface area contributed by atoms with Crippen LogP contribution < -0.4 is 5.32 Å². The lowest BCUT2D eigenvalue weighted by Crippen LogP contribution is -2.56. The highest BCUT2D eigenvalue weighted by Crippen LogP contribution is 2.61. The van der Waals surface area contributed by atoms with E-state index < -0.39 is 9.84 Å². The van der Waals surface area contributed by atoms with Gasteiger partial charge >= 0.3 is 0 Å². The number of carbonyl (C=O) groups is 1. The van der Waals surface area contributed by atoms with Crippen molar-refractivity contribution < 1.29 is 13.2 Å². The molecule has 1 aliphatic heterocycles.